The molecule has 25 heavy (non-hydrogen) atoms. The van der Waals surface area contributed by atoms with Crippen LogP contribution in [0.15, 0.2) is 48.5 Å². The number of carbonyl (C=O) groups excluding carboxylic acids is 2. The number of nitrogens with two attached hydrogens (primary N) is 1. The first kappa shape index (κ1) is 18.4. The molecule has 0 bridgehead atoms. The summed E-state index contributed by atoms with van der Waals surface area (Å²) in [5, 5.41) is 2.12. The van der Waals surface area contributed by atoms with Crippen molar-refractivity contribution in [2.75, 3.05) is 14.2 Å². The second-order valence-electron chi connectivity index (χ2n) is 5.69. The van der Waals surface area contributed by atoms with Gasteiger partial charge in [-0.05, 0) is 18.2 Å². The predicted molar refractivity (Wildman–Crippen MR) is 90.5 cm³/mol. The first-order valence-electron chi connectivity index (χ1n) is 7.72. The van der Waals surface area contributed by atoms with E-state index < -0.39 is 23.8 Å². The van der Waals surface area contributed by atoms with Gasteiger partial charge in [0.05, 0.1) is 14.2 Å². The van der Waals surface area contributed by atoms with E-state index in [4.69, 9.17) is 10.5 Å². The summed E-state index contributed by atoms with van der Waals surface area (Å²) < 4.78 is 18.8. The van der Waals surface area contributed by atoms with Gasteiger partial charge in [0.25, 0.3) is 5.91 Å². The molecule has 1 unspecified atom stereocenters. The molecule has 0 fully saturated rings. The van der Waals surface area contributed by atoms with Crippen molar-refractivity contribution < 1.29 is 23.6 Å². The van der Waals surface area contributed by atoms with Crippen LogP contribution in [-0.2, 0) is 11.3 Å². The molecule has 3 amide bonds. The van der Waals surface area contributed by atoms with Crippen LogP contribution in [-0.4, -0.2) is 26.1 Å². The second-order valence-corrected chi connectivity index (χ2v) is 5.69. The van der Waals surface area contributed by atoms with Gasteiger partial charge in [-0.3, -0.25) is 10.1 Å². The van der Waals surface area contributed by atoms with Gasteiger partial charge in [0.1, 0.15) is 6.54 Å². The summed E-state index contributed by atoms with van der Waals surface area (Å²) in [6.45, 7) is 0.368. The molecule has 2 atom stereocenters. The van der Waals surface area contributed by atoms with Crippen molar-refractivity contribution in [2.45, 2.75) is 12.6 Å². The Hall–Kier alpha value is -2.93. The normalized spacial score (nSPS) is 12.9. The average molecular weight is 346 g/mol. The lowest BCUT2D eigenvalue weighted by atomic mass is 10.0. The zero-order valence-electron chi connectivity index (χ0n) is 14.1. The van der Waals surface area contributed by atoms with Crippen LogP contribution >= 0.6 is 0 Å². The quantitative estimate of drug-likeness (QED) is 0.723. The Bertz CT molecular complexity index is 752. The lowest BCUT2D eigenvalue weighted by molar-refractivity contribution is -0.916. The summed E-state index contributed by atoms with van der Waals surface area (Å²) >= 11 is 0. The van der Waals surface area contributed by atoms with Gasteiger partial charge in [0.2, 0.25) is 0 Å². The minimum Gasteiger partial charge on any atom is -0.494 e. The summed E-state index contributed by atoms with van der Waals surface area (Å²) in [4.78, 5) is 24.2. The third-order valence-electron chi connectivity index (χ3n) is 3.83. The number of ether oxygens (including phenoxy) is 1. The first-order chi connectivity index (χ1) is 11.9. The number of benzene rings is 2. The molecule has 4 N–H and O–H groups in total. The van der Waals surface area contributed by atoms with Crippen molar-refractivity contribution in [3.8, 4) is 5.75 Å². The Morgan fingerprint density at radius 1 is 1.24 bits per heavy atom. The highest BCUT2D eigenvalue weighted by molar-refractivity contribution is 5.96. The highest BCUT2D eigenvalue weighted by atomic mass is 19.1. The number of carbonyl (C=O) groups is 2. The molecule has 0 saturated carbocycles. The molecule has 2 aromatic rings. The smallest absolute Gasteiger partial charge is 0.319 e. The summed E-state index contributed by atoms with van der Waals surface area (Å²) in [6.07, 6.45) is 0. The van der Waals surface area contributed by atoms with Crippen LogP contribution in [0.4, 0.5) is 9.18 Å². The Morgan fingerprint density at radius 2 is 1.92 bits per heavy atom. The fourth-order valence-electron chi connectivity index (χ4n) is 2.74. The molecule has 0 aromatic heterocycles. The van der Waals surface area contributed by atoms with Crippen molar-refractivity contribution in [3.63, 3.8) is 0 Å². The van der Waals surface area contributed by atoms with Crippen LogP contribution in [0.5, 0.6) is 5.75 Å². The number of rotatable bonds is 6. The highest BCUT2D eigenvalue weighted by Crippen LogP contribution is 2.17. The van der Waals surface area contributed by atoms with Crippen LogP contribution in [0.25, 0.3) is 0 Å². The van der Waals surface area contributed by atoms with Gasteiger partial charge in [-0.15, -0.1) is 0 Å². The third kappa shape index (κ3) is 4.77. The maximum Gasteiger partial charge on any atom is 0.319 e. The minimum absolute atomic E-state index is 0.160. The number of methoxy groups -OCH3 is 1. The van der Waals surface area contributed by atoms with Gasteiger partial charge in [0, 0.05) is 11.1 Å². The number of quaternary nitrogens is 1. The molecule has 2 rings (SSSR count). The number of primary amides is 1. The van der Waals surface area contributed by atoms with E-state index in [0.29, 0.717) is 12.1 Å². The molecule has 0 aliphatic carbocycles. The molecule has 132 valence electrons. The van der Waals surface area contributed by atoms with E-state index in [1.807, 2.05) is 6.07 Å². The third-order valence-corrected chi connectivity index (χ3v) is 3.83. The fourth-order valence-corrected chi connectivity index (χ4v) is 2.74. The van der Waals surface area contributed by atoms with E-state index in [-0.39, 0.29) is 5.75 Å². The van der Waals surface area contributed by atoms with Crippen molar-refractivity contribution >= 4 is 11.9 Å². The van der Waals surface area contributed by atoms with Crippen LogP contribution in [0.2, 0.25) is 0 Å². The van der Waals surface area contributed by atoms with E-state index in [9.17, 15) is 14.0 Å². The Labute approximate surface area is 145 Å². The minimum atomic E-state index is -0.908. The topological polar surface area (TPSA) is 85.9 Å². The van der Waals surface area contributed by atoms with Gasteiger partial charge in [-0.2, -0.15) is 0 Å². The van der Waals surface area contributed by atoms with Crippen molar-refractivity contribution in [1.82, 2.24) is 5.32 Å². The molecular formula is C18H21FN3O3+. The lowest BCUT2D eigenvalue weighted by Crippen LogP contribution is -3.09. The first-order valence-corrected chi connectivity index (χ1v) is 7.72. The molecule has 0 aliphatic heterocycles. The number of hydrogen-bond acceptors (Lipinski definition) is 3. The monoisotopic (exact) mass is 346 g/mol. The average Bonchev–Trinajstić information content (AvgIpc) is 2.55. The fraction of sp³-hybridized carbons (Fsp3) is 0.222. The maximum atomic E-state index is 13.9. The zero-order valence-corrected chi connectivity index (χ0v) is 14.1. The number of urea groups is 1. The Kier molecular flexibility index (Phi) is 6.08. The van der Waals surface area contributed by atoms with Gasteiger partial charge in [0.15, 0.2) is 17.6 Å². The lowest BCUT2D eigenvalue weighted by Gasteiger charge is -2.24. The highest BCUT2D eigenvalue weighted by Gasteiger charge is 2.30. The van der Waals surface area contributed by atoms with Gasteiger partial charge < -0.3 is 15.4 Å². The Balaban J connectivity index is 2.26. The largest absolute Gasteiger partial charge is 0.494 e. The molecule has 0 radical (unpaired) electrons. The van der Waals surface area contributed by atoms with Crippen molar-refractivity contribution in [2.24, 2.45) is 5.73 Å². The van der Waals surface area contributed by atoms with Crippen LogP contribution < -0.4 is 20.7 Å². The molecule has 0 heterocycles. The molecule has 0 saturated heterocycles. The predicted octanol–water partition coefficient (Wildman–Crippen LogP) is 0.785. The summed E-state index contributed by atoms with van der Waals surface area (Å²) in [6, 6.07) is 12.1. The Morgan fingerprint density at radius 3 is 2.48 bits per heavy atom. The number of halogens is 1. The SMILES string of the molecule is COc1ccc(C[NH+](C)[C@H](C(=O)NC(N)=O)c2ccccc2)cc1F. The van der Waals surface area contributed by atoms with E-state index in [2.05, 4.69) is 5.32 Å². The number of hydrogen-bond donors (Lipinski definition) is 3. The van der Waals surface area contributed by atoms with Gasteiger partial charge in [-0.25, -0.2) is 9.18 Å². The molecule has 0 spiro atoms. The van der Waals surface area contributed by atoms with E-state index in [1.165, 1.54) is 13.2 Å². The van der Waals surface area contributed by atoms with Crippen LogP contribution in [0.3, 0.4) is 0 Å². The zero-order chi connectivity index (χ0) is 18.4. The molecule has 6 nitrogen and oxygen atoms in total. The maximum absolute atomic E-state index is 13.9. The summed E-state index contributed by atoms with van der Waals surface area (Å²) in [5.41, 5.74) is 6.50. The van der Waals surface area contributed by atoms with E-state index >= 15 is 0 Å². The number of imide groups is 1. The molecular weight excluding hydrogens is 325 g/mol. The summed E-state index contributed by atoms with van der Waals surface area (Å²) in [7, 11) is 3.19. The molecule has 0 aliphatic rings. The van der Waals surface area contributed by atoms with Crippen molar-refractivity contribution in [1.29, 1.82) is 0 Å². The van der Waals surface area contributed by atoms with Crippen LogP contribution in [0.1, 0.15) is 17.2 Å². The van der Waals surface area contributed by atoms with E-state index in [0.717, 1.165) is 10.5 Å². The van der Waals surface area contributed by atoms with E-state index in [1.54, 1.807) is 43.4 Å². The van der Waals surface area contributed by atoms with Crippen molar-refractivity contribution in [3.05, 3.63) is 65.5 Å². The number of amides is 3. The number of nitrogens with one attached hydrogen (secondary N) is 2. The van der Waals surface area contributed by atoms with Crippen LogP contribution in [0, 0.1) is 5.82 Å². The van der Waals surface area contributed by atoms with Gasteiger partial charge in [-0.1, -0.05) is 30.3 Å². The molecule has 7 heteroatoms. The van der Waals surface area contributed by atoms with Gasteiger partial charge >= 0.3 is 6.03 Å². The summed E-state index contributed by atoms with van der Waals surface area (Å²) in [5.74, 6) is -0.816. The molecule has 2 aromatic carbocycles. The number of likely N-dealkylation sites (N-methyl/N-ethyl adjacent to an activating group) is 1. The standard InChI is InChI=1S/C18H20FN3O3/c1-22(11-12-8-9-15(25-2)14(19)10-12)16(17(23)21-18(20)24)13-6-4-3-5-7-13/h3-10,16H,11H2,1-2H3,(H3,20,21,23,24)/p+1/t16-/m0/s1. The second kappa shape index (κ2) is 8.25.